The van der Waals surface area contributed by atoms with Crippen molar-refractivity contribution in [2.75, 3.05) is 13.1 Å². The highest BCUT2D eigenvalue weighted by Gasteiger charge is 2.34. The molecule has 3 heteroatoms. The van der Waals surface area contributed by atoms with Crippen LogP contribution in [-0.4, -0.2) is 30.1 Å². The maximum absolute atomic E-state index is 3.55. The normalized spacial score (nSPS) is 25.4. The zero-order valence-corrected chi connectivity index (χ0v) is 11.4. The zero-order valence-electron chi connectivity index (χ0n) is 10.6. The highest BCUT2D eigenvalue weighted by atomic mass is 32.1. The molecule has 2 aliphatic rings. The largest absolute Gasteiger partial charge is 0.315 e. The van der Waals surface area contributed by atoms with Crippen LogP contribution in [0.3, 0.4) is 0 Å². The molecule has 1 saturated carbocycles. The van der Waals surface area contributed by atoms with Crippen LogP contribution in [0.15, 0.2) is 12.1 Å². The van der Waals surface area contributed by atoms with Gasteiger partial charge in [0.25, 0.3) is 0 Å². The Labute approximate surface area is 108 Å². The van der Waals surface area contributed by atoms with Gasteiger partial charge in [-0.2, -0.15) is 0 Å². The molecule has 1 saturated heterocycles. The van der Waals surface area contributed by atoms with Crippen molar-refractivity contribution < 1.29 is 0 Å². The summed E-state index contributed by atoms with van der Waals surface area (Å²) in [5, 5.41) is 3.55. The quantitative estimate of drug-likeness (QED) is 0.884. The first-order valence-corrected chi connectivity index (χ1v) is 7.66. The van der Waals surface area contributed by atoms with Gasteiger partial charge in [0.1, 0.15) is 0 Å². The van der Waals surface area contributed by atoms with Gasteiger partial charge in [-0.05, 0) is 51.3 Å². The van der Waals surface area contributed by atoms with Crippen LogP contribution in [0.5, 0.6) is 0 Å². The topological polar surface area (TPSA) is 15.3 Å². The Morgan fingerprint density at radius 2 is 2.18 bits per heavy atom. The van der Waals surface area contributed by atoms with Crippen LogP contribution >= 0.6 is 11.3 Å². The molecule has 1 atom stereocenters. The van der Waals surface area contributed by atoms with Crippen LogP contribution in [0.25, 0.3) is 0 Å². The first kappa shape index (κ1) is 11.7. The third-order valence-electron chi connectivity index (χ3n) is 3.89. The third-order valence-corrected chi connectivity index (χ3v) is 4.88. The molecule has 0 amide bonds. The van der Waals surface area contributed by atoms with Crippen LogP contribution < -0.4 is 5.32 Å². The summed E-state index contributed by atoms with van der Waals surface area (Å²) in [6.45, 7) is 5.79. The minimum Gasteiger partial charge on any atom is -0.315 e. The number of nitrogens with one attached hydrogen (secondary N) is 1. The molecule has 1 unspecified atom stereocenters. The Bertz CT molecular complexity index is 364. The molecule has 2 heterocycles. The molecule has 3 rings (SSSR count). The molecule has 0 spiro atoms. The van der Waals surface area contributed by atoms with Crippen molar-refractivity contribution in [3.8, 4) is 0 Å². The first-order valence-electron chi connectivity index (χ1n) is 6.85. The van der Waals surface area contributed by atoms with Crippen LogP contribution in [0, 0.1) is 6.92 Å². The Morgan fingerprint density at radius 3 is 2.76 bits per heavy atom. The van der Waals surface area contributed by atoms with Gasteiger partial charge in [0.15, 0.2) is 0 Å². The van der Waals surface area contributed by atoms with E-state index >= 15 is 0 Å². The summed E-state index contributed by atoms with van der Waals surface area (Å²) in [5.74, 6) is 0. The summed E-state index contributed by atoms with van der Waals surface area (Å²) in [7, 11) is 0. The Hall–Kier alpha value is -0.380. The number of piperidine rings is 1. The monoisotopic (exact) mass is 250 g/mol. The number of hydrogen-bond acceptors (Lipinski definition) is 3. The van der Waals surface area contributed by atoms with Gasteiger partial charge in [0.05, 0.1) is 0 Å². The number of nitrogens with zero attached hydrogens (tertiary/aromatic N) is 1. The smallest absolute Gasteiger partial charge is 0.0334 e. The molecular weight excluding hydrogens is 228 g/mol. The number of hydrogen-bond donors (Lipinski definition) is 1. The van der Waals surface area contributed by atoms with Gasteiger partial charge in [-0.1, -0.05) is 0 Å². The van der Waals surface area contributed by atoms with E-state index in [0.29, 0.717) is 0 Å². The fraction of sp³-hybridized carbons (Fsp3) is 0.714. The molecule has 1 N–H and O–H groups in total. The predicted molar refractivity (Wildman–Crippen MR) is 73.5 cm³/mol. The Kier molecular flexibility index (Phi) is 3.50. The summed E-state index contributed by atoms with van der Waals surface area (Å²) < 4.78 is 0. The predicted octanol–water partition coefficient (Wildman–Crippen LogP) is 2.77. The average molecular weight is 250 g/mol. The average Bonchev–Trinajstić information content (AvgIpc) is 3.11. The first-order chi connectivity index (χ1) is 8.33. The molecule has 1 aliphatic heterocycles. The molecule has 0 radical (unpaired) electrons. The number of rotatable bonds is 4. The maximum Gasteiger partial charge on any atom is 0.0334 e. The molecule has 1 aliphatic carbocycles. The maximum atomic E-state index is 3.55. The minimum absolute atomic E-state index is 0.777. The lowest BCUT2D eigenvalue weighted by Crippen LogP contribution is -2.46. The van der Waals surface area contributed by atoms with E-state index in [9.17, 15) is 0 Å². The van der Waals surface area contributed by atoms with Gasteiger partial charge < -0.3 is 5.32 Å². The minimum atomic E-state index is 0.777. The van der Waals surface area contributed by atoms with Gasteiger partial charge >= 0.3 is 0 Å². The van der Waals surface area contributed by atoms with E-state index in [1.165, 1.54) is 50.2 Å². The lowest BCUT2D eigenvalue weighted by molar-refractivity contribution is 0.150. The molecule has 1 aromatic heterocycles. The lowest BCUT2D eigenvalue weighted by atomic mass is 10.1. The Balaban J connectivity index is 1.67. The summed E-state index contributed by atoms with van der Waals surface area (Å²) >= 11 is 1.96. The third kappa shape index (κ3) is 2.90. The van der Waals surface area contributed by atoms with Crippen molar-refractivity contribution in [1.29, 1.82) is 0 Å². The second kappa shape index (κ2) is 5.09. The standard InChI is InChI=1S/C14H22N2S/c1-11-4-7-14(17-11)10-16(12-5-6-12)13-3-2-8-15-9-13/h4,7,12-13,15H,2-3,5-6,8-10H2,1H3. The zero-order chi connectivity index (χ0) is 11.7. The van der Waals surface area contributed by atoms with Crippen LogP contribution in [0.1, 0.15) is 35.4 Å². The molecular formula is C14H22N2S. The van der Waals surface area contributed by atoms with Crippen molar-refractivity contribution in [1.82, 2.24) is 10.2 Å². The van der Waals surface area contributed by atoms with Gasteiger partial charge in [0, 0.05) is 34.9 Å². The van der Waals surface area contributed by atoms with Crippen molar-refractivity contribution >= 4 is 11.3 Å². The van der Waals surface area contributed by atoms with Gasteiger partial charge in [0.2, 0.25) is 0 Å². The molecule has 0 aromatic carbocycles. The van der Waals surface area contributed by atoms with Crippen molar-refractivity contribution in [2.45, 2.75) is 51.2 Å². The van der Waals surface area contributed by atoms with E-state index in [2.05, 4.69) is 29.3 Å². The highest BCUT2D eigenvalue weighted by molar-refractivity contribution is 7.11. The van der Waals surface area contributed by atoms with E-state index in [1.54, 1.807) is 4.88 Å². The van der Waals surface area contributed by atoms with E-state index in [1.807, 2.05) is 11.3 Å². The van der Waals surface area contributed by atoms with Gasteiger partial charge in [-0.25, -0.2) is 0 Å². The second-order valence-electron chi connectivity index (χ2n) is 5.42. The van der Waals surface area contributed by atoms with Crippen LogP contribution in [-0.2, 0) is 6.54 Å². The number of aryl methyl sites for hydroxylation is 1. The Morgan fingerprint density at radius 1 is 1.29 bits per heavy atom. The van der Waals surface area contributed by atoms with E-state index in [-0.39, 0.29) is 0 Å². The lowest BCUT2D eigenvalue weighted by Gasteiger charge is -2.34. The van der Waals surface area contributed by atoms with Crippen molar-refractivity contribution in [3.63, 3.8) is 0 Å². The summed E-state index contributed by atoms with van der Waals surface area (Å²) in [5.41, 5.74) is 0. The van der Waals surface area contributed by atoms with Gasteiger partial charge in [-0.3, -0.25) is 4.90 Å². The summed E-state index contributed by atoms with van der Waals surface area (Å²) in [6, 6.07) is 6.22. The van der Waals surface area contributed by atoms with Gasteiger partial charge in [-0.15, -0.1) is 11.3 Å². The molecule has 94 valence electrons. The van der Waals surface area contributed by atoms with E-state index in [4.69, 9.17) is 0 Å². The highest BCUT2D eigenvalue weighted by Crippen LogP contribution is 2.32. The fourth-order valence-corrected chi connectivity index (χ4v) is 3.73. The molecule has 0 bridgehead atoms. The second-order valence-corrected chi connectivity index (χ2v) is 6.79. The molecule has 2 nitrogen and oxygen atoms in total. The van der Waals surface area contributed by atoms with Crippen LogP contribution in [0.4, 0.5) is 0 Å². The van der Waals surface area contributed by atoms with Crippen LogP contribution in [0.2, 0.25) is 0 Å². The van der Waals surface area contributed by atoms with Crippen molar-refractivity contribution in [3.05, 3.63) is 21.9 Å². The summed E-state index contributed by atoms with van der Waals surface area (Å²) in [6.07, 6.45) is 5.56. The fourth-order valence-electron chi connectivity index (χ4n) is 2.83. The SMILES string of the molecule is Cc1ccc(CN(C2CC2)C2CCCNC2)s1. The molecule has 1 aromatic rings. The van der Waals surface area contributed by atoms with E-state index < -0.39 is 0 Å². The van der Waals surface area contributed by atoms with E-state index in [0.717, 1.165) is 12.1 Å². The molecule has 2 fully saturated rings. The van der Waals surface area contributed by atoms with Crippen molar-refractivity contribution in [2.24, 2.45) is 0 Å². The number of thiophene rings is 1. The summed E-state index contributed by atoms with van der Waals surface area (Å²) in [4.78, 5) is 5.75. The molecule has 17 heavy (non-hydrogen) atoms.